The maximum Gasteiger partial charge on any atom is 0.242 e. The van der Waals surface area contributed by atoms with E-state index in [2.05, 4.69) is 9.36 Å². The number of hydrogen-bond donors (Lipinski definition) is 0. The SMILES string of the molecule is COc1ccc(S(=O)(=O)N(C)CCN(C)c2nc(Cc3ccc(Cl)cc3)ns2)cc1. The Bertz CT molecular complexity index is 1070. The highest BCUT2D eigenvalue weighted by molar-refractivity contribution is 7.89. The lowest BCUT2D eigenvalue weighted by Gasteiger charge is -2.21. The Morgan fingerprint density at radius 2 is 1.70 bits per heavy atom. The minimum atomic E-state index is -3.57. The smallest absolute Gasteiger partial charge is 0.242 e. The van der Waals surface area contributed by atoms with Crippen LogP contribution < -0.4 is 9.64 Å². The number of methoxy groups -OCH3 is 1. The van der Waals surface area contributed by atoms with Crippen molar-refractivity contribution in [1.82, 2.24) is 13.7 Å². The lowest BCUT2D eigenvalue weighted by atomic mass is 10.1. The maximum atomic E-state index is 12.7. The predicted octanol–water partition coefficient (Wildman–Crippen LogP) is 3.55. The van der Waals surface area contributed by atoms with Gasteiger partial charge in [-0.2, -0.15) is 8.68 Å². The Labute approximate surface area is 186 Å². The fraction of sp³-hybridized carbons (Fsp3) is 0.300. The van der Waals surface area contributed by atoms with Gasteiger partial charge in [0.05, 0.1) is 12.0 Å². The summed E-state index contributed by atoms with van der Waals surface area (Å²) in [6, 6.07) is 13.9. The van der Waals surface area contributed by atoms with Crippen molar-refractivity contribution in [1.29, 1.82) is 0 Å². The fourth-order valence-corrected chi connectivity index (χ4v) is 4.65. The number of likely N-dealkylation sites (N-methyl/N-ethyl adjacent to an activating group) is 2. The van der Waals surface area contributed by atoms with Gasteiger partial charge in [-0.05, 0) is 42.0 Å². The summed E-state index contributed by atoms with van der Waals surface area (Å²) in [7, 11) is 1.41. The van der Waals surface area contributed by atoms with Crippen LogP contribution in [0, 0.1) is 0 Å². The van der Waals surface area contributed by atoms with Gasteiger partial charge in [-0.25, -0.2) is 13.4 Å². The van der Waals surface area contributed by atoms with Gasteiger partial charge in [0.2, 0.25) is 15.2 Å². The predicted molar refractivity (Wildman–Crippen MR) is 120 cm³/mol. The number of halogens is 1. The molecule has 160 valence electrons. The number of ether oxygens (including phenoxy) is 1. The second-order valence-corrected chi connectivity index (χ2v) is 9.93. The van der Waals surface area contributed by atoms with E-state index in [9.17, 15) is 8.42 Å². The van der Waals surface area contributed by atoms with Gasteiger partial charge in [-0.15, -0.1) is 0 Å². The van der Waals surface area contributed by atoms with E-state index in [4.69, 9.17) is 16.3 Å². The van der Waals surface area contributed by atoms with E-state index in [-0.39, 0.29) is 4.90 Å². The molecule has 1 aromatic heterocycles. The van der Waals surface area contributed by atoms with Gasteiger partial charge in [0.25, 0.3) is 0 Å². The molecule has 3 aromatic rings. The molecular formula is C20H23ClN4O3S2. The third-order valence-electron chi connectivity index (χ3n) is 4.58. The van der Waals surface area contributed by atoms with Crippen molar-refractivity contribution >= 4 is 38.3 Å². The first-order valence-electron chi connectivity index (χ1n) is 9.18. The summed E-state index contributed by atoms with van der Waals surface area (Å²) in [5.74, 6) is 1.34. The molecule has 0 spiro atoms. The Balaban J connectivity index is 1.58. The largest absolute Gasteiger partial charge is 0.497 e. The summed E-state index contributed by atoms with van der Waals surface area (Å²) in [4.78, 5) is 6.70. The lowest BCUT2D eigenvalue weighted by molar-refractivity contribution is 0.414. The highest BCUT2D eigenvalue weighted by Crippen LogP contribution is 2.21. The topological polar surface area (TPSA) is 75.6 Å². The Morgan fingerprint density at radius 1 is 1.03 bits per heavy atom. The molecule has 0 atom stereocenters. The molecule has 0 amide bonds. The molecule has 0 saturated heterocycles. The molecule has 0 bridgehead atoms. The Morgan fingerprint density at radius 3 is 2.33 bits per heavy atom. The molecule has 0 fully saturated rings. The van der Waals surface area contributed by atoms with Gasteiger partial charge >= 0.3 is 0 Å². The molecule has 30 heavy (non-hydrogen) atoms. The van der Waals surface area contributed by atoms with Crippen molar-refractivity contribution < 1.29 is 13.2 Å². The van der Waals surface area contributed by atoms with Crippen LogP contribution in [0.3, 0.4) is 0 Å². The first-order chi connectivity index (χ1) is 14.3. The average Bonchev–Trinajstić information content (AvgIpc) is 3.22. The van der Waals surface area contributed by atoms with Gasteiger partial charge in [-0.1, -0.05) is 23.7 Å². The summed E-state index contributed by atoms with van der Waals surface area (Å²) in [6.45, 7) is 0.804. The summed E-state index contributed by atoms with van der Waals surface area (Å²) in [6.07, 6.45) is 0.618. The zero-order valence-corrected chi connectivity index (χ0v) is 19.3. The zero-order chi connectivity index (χ0) is 21.7. The third-order valence-corrected chi connectivity index (χ3v) is 7.57. The van der Waals surface area contributed by atoms with Gasteiger partial charge < -0.3 is 9.64 Å². The Hall–Kier alpha value is -2.20. The molecule has 10 heteroatoms. The molecule has 7 nitrogen and oxygen atoms in total. The third kappa shape index (κ3) is 5.48. The highest BCUT2D eigenvalue weighted by Gasteiger charge is 2.21. The van der Waals surface area contributed by atoms with E-state index in [1.807, 2.05) is 36.2 Å². The zero-order valence-electron chi connectivity index (χ0n) is 16.9. The number of hydrogen-bond acceptors (Lipinski definition) is 7. The number of sulfonamides is 1. The van der Waals surface area contributed by atoms with Gasteiger partial charge in [0, 0.05) is 50.2 Å². The van der Waals surface area contributed by atoms with Crippen molar-refractivity contribution in [2.45, 2.75) is 11.3 Å². The number of rotatable bonds is 9. The quantitative estimate of drug-likeness (QED) is 0.480. The minimum absolute atomic E-state index is 0.231. The first-order valence-corrected chi connectivity index (χ1v) is 11.8. The maximum absolute atomic E-state index is 12.7. The normalized spacial score (nSPS) is 11.6. The Kier molecular flexibility index (Phi) is 7.30. The number of benzene rings is 2. The minimum Gasteiger partial charge on any atom is -0.497 e. The number of anilines is 1. The second kappa shape index (κ2) is 9.74. The highest BCUT2D eigenvalue weighted by atomic mass is 35.5. The fourth-order valence-electron chi connectivity index (χ4n) is 2.69. The van der Waals surface area contributed by atoms with Crippen LogP contribution in [-0.4, -0.2) is 56.4 Å². The van der Waals surface area contributed by atoms with Crippen molar-refractivity contribution in [3.63, 3.8) is 0 Å². The molecule has 0 radical (unpaired) electrons. The van der Waals surface area contributed by atoms with E-state index in [0.717, 1.165) is 16.5 Å². The summed E-state index contributed by atoms with van der Waals surface area (Å²) in [5.41, 5.74) is 1.08. The van der Waals surface area contributed by atoms with Crippen LogP contribution in [0.15, 0.2) is 53.4 Å². The van der Waals surface area contributed by atoms with E-state index < -0.39 is 10.0 Å². The lowest BCUT2D eigenvalue weighted by Crippen LogP contribution is -2.34. The van der Waals surface area contributed by atoms with E-state index in [0.29, 0.717) is 30.3 Å². The molecule has 2 aromatic carbocycles. The number of aromatic nitrogens is 2. The van der Waals surface area contributed by atoms with Crippen LogP contribution in [0.2, 0.25) is 5.02 Å². The van der Waals surface area contributed by atoms with Gasteiger partial charge in [0.15, 0.2) is 0 Å². The molecular weight excluding hydrogens is 444 g/mol. The summed E-state index contributed by atoms with van der Waals surface area (Å²) >= 11 is 7.21. The number of nitrogens with zero attached hydrogens (tertiary/aromatic N) is 4. The van der Waals surface area contributed by atoms with Crippen LogP contribution in [0.25, 0.3) is 0 Å². The molecule has 3 rings (SSSR count). The van der Waals surface area contributed by atoms with E-state index in [1.165, 1.54) is 15.8 Å². The van der Waals surface area contributed by atoms with Crippen LogP contribution in [0.4, 0.5) is 5.13 Å². The molecule has 0 aliphatic carbocycles. The van der Waals surface area contributed by atoms with E-state index >= 15 is 0 Å². The van der Waals surface area contributed by atoms with Crippen LogP contribution in [-0.2, 0) is 16.4 Å². The monoisotopic (exact) mass is 466 g/mol. The molecule has 0 aliphatic rings. The van der Waals surface area contributed by atoms with Gasteiger partial charge in [-0.3, -0.25) is 0 Å². The van der Waals surface area contributed by atoms with Crippen LogP contribution in [0.1, 0.15) is 11.4 Å². The summed E-state index contributed by atoms with van der Waals surface area (Å²) < 4.78 is 36.3. The van der Waals surface area contributed by atoms with Crippen LogP contribution in [0.5, 0.6) is 5.75 Å². The first kappa shape index (κ1) is 22.5. The summed E-state index contributed by atoms with van der Waals surface area (Å²) in [5, 5.41) is 1.44. The standard InChI is InChI=1S/C20H23ClN4O3S2/c1-24(20-22-19(23-29-20)14-15-4-6-16(21)7-5-15)12-13-25(2)30(26,27)18-10-8-17(28-3)9-11-18/h4-11H,12-14H2,1-3H3. The second-order valence-electron chi connectivity index (χ2n) is 6.72. The van der Waals surface area contributed by atoms with E-state index in [1.54, 1.807) is 38.4 Å². The van der Waals surface area contributed by atoms with Crippen molar-refractivity contribution in [2.24, 2.45) is 0 Å². The average molecular weight is 467 g/mol. The molecule has 1 heterocycles. The van der Waals surface area contributed by atoms with Crippen molar-refractivity contribution in [2.75, 3.05) is 39.2 Å². The molecule has 0 saturated carbocycles. The van der Waals surface area contributed by atoms with Gasteiger partial charge in [0.1, 0.15) is 11.6 Å². The molecule has 0 unspecified atom stereocenters. The van der Waals surface area contributed by atoms with Crippen LogP contribution >= 0.6 is 23.1 Å². The van der Waals surface area contributed by atoms with Crippen molar-refractivity contribution in [3.05, 3.63) is 64.9 Å². The molecule has 0 N–H and O–H groups in total. The van der Waals surface area contributed by atoms with Crippen molar-refractivity contribution in [3.8, 4) is 5.75 Å². The molecule has 0 aliphatic heterocycles.